The Kier molecular flexibility index (Phi) is 3.07. The highest BCUT2D eigenvalue weighted by Gasteiger charge is 2.42. The van der Waals surface area contributed by atoms with Gasteiger partial charge in [0.2, 0.25) is 5.91 Å². The van der Waals surface area contributed by atoms with Crippen molar-refractivity contribution in [3.05, 3.63) is 71.3 Å². The second-order valence-corrected chi connectivity index (χ2v) is 6.01. The molecule has 0 unspecified atom stereocenters. The van der Waals surface area contributed by atoms with Crippen molar-refractivity contribution in [2.75, 3.05) is 0 Å². The number of carbonyl (C=O) groups excluding carboxylic acids is 1. The topological polar surface area (TPSA) is 32.7 Å². The molecule has 0 saturated heterocycles. The maximum absolute atomic E-state index is 12.1. The van der Waals surface area contributed by atoms with Gasteiger partial charge in [-0.2, -0.15) is 5.10 Å². The van der Waals surface area contributed by atoms with Gasteiger partial charge >= 0.3 is 0 Å². The molecule has 0 radical (unpaired) electrons. The molecule has 2 aromatic rings. The number of nitrogens with zero attached hydrogens (tertiary/aromatic N) is 2. The van der Waals surface area contributed by atoms with Crippen molar-refractivity contribution < 1.29 is 4.79 Å². The number of aryl methyl sites for hydroxylation is 1. The zero-order chi connectivity index (χ0) is 15.1. The van der Waals surface area contributed by atoms with Gasteiger partial charge in [-0.25, -0.2) is 5.01 Å². The van der Waals surface area contributed by atoms with Crippen molar-refractivity contribution in [1.82, 2.24) is 5.01 Å². The van der Waals surface area contributed by atoms with Crippen molar-refractivity contribution >= 4 is 11.6 Å². The predicted octanol–water partition coefficient (Wildman–Crippen LogP) is 3.56. The van der Waals surface area contributed by atoms with E-state index >= 15 is 0 Å². The predicted molar refractivity (Wildman–Crippen MR) is 86.5 cm³/mol. The molecule has 2 aromatic carbocycles. The lowest BCUT2D eigenvalue weighted by Gasteiger charge is -2.29. The molecule has 1 amide bonds. The van der Waals surface area contributed by atoms with Gasteiger partial charge in [0.05, 0.1) is 11.8 Å². The van der Waals surface area contributed by atoms with Gasteiger partial charge in [0.25, 0.3) is 0 Å². The van der Waals surface area contributed by atoms with Crippen LogP contribution in [-0.4, -0.2) is 16.6 Å². The summed E-state index contributed by atoms with van der Waals surface area (Å²) < 4.78 is 0. The normalized spacial score (nSPS) is 22.8. The molecule has 3 heteroatoms. The fraction of sp³-hybridized carbons (Fsp3) is 0.263. The Morgan fingerprint density at radius 1 is 1.09 bits per heavy atom. The van der Waals surface area contributed by atoms with Crippen LogP contribution in [0.25, 0.3) is 0 Å². The second kappa shape index (κ2) is 5.09. The van der Waals surface area contributed by atoms with Crippen LogP contribution in [0.3, 0.4) is 0 Å². The molecule has 22 heavy (non-hydrogen) atoms. The zero-order valence-corrected chi connectivity index (χ0v) is 12.6. The minimum absolute atomic E-state index is 0.00762. The van der Waals surface area contributed by atoms with Crippen molar-refractivity contribution in [2.24, 2.45) is 11.0 Å². The van der Waals surface area contributed by atoms with Crippen LogP contribution in [0.1, 0.15) is 36.1 Å². The van der Waals surface area contributed by atoms with Crippen molar-refractivity contribution in [1.29, 1.82) is 0 Å². The third-order valence-corrected chi connectivity index (χ3v) is 4.69. The summed E-state index contributed by atoms with van der Waals surface area (Å²) in [6, 6.07) is 18.7. The molecule has 2 aliphatic rings. The standard InChI is InChI=1S/C19H18N2O/c1-13(22)21-19(15-8-3-2-4-9-15)17-12-11-14-7-5-6-10-16(14)18(17)20-21/h2-10,17,19H,11-12H2,1H3/t17-,19+/m1/s1. The number of benzene rings is 2. The highest BCUT2D eigenvalue weighted by atomic mass is 16.2. The van der Waals surface area contributed by atoms with E-state index in [9.17, 15) is 4.79 Å². The van der Waals surface area contributed by atoms with Gasteiger partial charge in [0.15, 0.2) is 0 Å². The van der Waals surface area contributed by atoms with Gasteiger partial charge in [0.1, 0.15) is 0 Å². The van der Waals surface area contributed by atoms with Crippen LogP contribution in [0.2, 0.25) is 0 Å². The lowest BCUT2D eigenvalue weighted by molar-refractivity contribution is -0.131. The maximum atomic E-state index is 12.1. The Labute approximate surface area is 130 Å². The second-order valence-electron chi connectivity index (χ2n) is 6.01. The summed E-state index contributed by atoms with van der Waals surface area (Å²) in [5.41, 5.74) is 4.80. The summed E-state index contributed by atoms with van der Waals surface area (Å²) in [5, 5.41) is 6.39. The van der Waals surface area contributed by atoms with E-state index in [1.165, 1.54) is 16.7 Å². The lowest BCUT2D eigenvalue weighted by Crippen LogP contribution is -2.30. The fourth-order valence-electron chi connectivity index (χ4n) is 3.71. The van der Waals surface area contributed by atoms with Gasteiger partial charge in [-0.1, -0.05) is 54.6 Å². The molecule has 0 N–H and O–H groups in total. The Morgan fingerprint density at radius 3 is 2.59 bits per heavy atom. The lowest BCUT2D eigenvalue weighted by atomic mass is 9.77. The molecule has 3 nitrogen and oxygen atoms in total. The van der Waals surface area contributed by atoms with Crippen LogP contribution in [-0.2, 0) is 11.2 Å². The molecule has 0 spiro atoms. The highest BCUT2D eigenvalue weighted by Crippen LogP contribution is 2.43. The Morgan fingerprint density at radius 2 is 1.82 bits per heavy atom. The summed E-state index contributed by atoms with van der Waals surface area (Å²) in [4.78, 5) is 12.1. The van der Waals surface area contributed by atoms with Crippen LogP contribution < -0.4 is 0 Å². The molecule has 4 rings (SSSR count). The number of fused-ring (bicyclic) bond motifs is 3. The number of carbonyl (C=O) groups is 1. The third-order valence-electron chi connectivity index (χ3n) is 4.69. The van der Waals surface area contributed by atoms with E-state index in [-0.39, 0.29) is 11.9 Å². The first-order chi connectivity index (χ1) is 10.8. The fourth-order valence-corrected chi connectivity index (χ4v) is 3.71. The monoisotopic (exact) mass is 290 g/mol. The Hall–Kier alpha value is -2.42. The van der Waals surface area contributed by atoms with E-state index < -0.39 is 0 Å². The summed E-state index contributed by atoms with van der Waals surface area (Å²) in [6.45, 7) is 1.60. The number of hydrazone groups is 1. The molecule has 0 aromatic heterocycles. The zero-order valence-electron chi connectivity index (χ0n) is 12.6. The maximum Gasteiger partial charge on any atom is 0.240 e. The van der Waals surface area contributed by atoms with E-state index in [1.54, 1.807) is 11.9 Å². The van der Waals surface area contributed by atoms with E-state index in [4.69, 9.17) is 5.10 Å². The smallest absolute Gasteiger partial charge is 0.240 e. The van der Waals surface area contributed by atoms with E-state index in [0.29, 0.717) is 5.92 Å². The largest absolute Gasteiger partial charge is 0.273 e. The van der Waals surface area contributed by atoms with Crippen LogP contribution in [0, 0.1) is 5.92 Å². The molecule has 1 aliphatic heterocycles. The number of rotatable bonds is 1. The minimum Gasteiger partial charge on any atom is -0.273 e. The van der Waals surface area contributed by atoms with Gasteiger partial charge < -0.3 is 0 Å². The first kappa shape index (κ1) is 13.3. The molecule has 2 atom stereocenters. The Balaban J connectivity index is 1.82. The van der Waals surface area contributed by atoms with E-state index in [2.05, 4.69) is 36.4 Å². The molecule has 1 heterocycles. The first-order valence-electron chi connectivity index (χ1n) is 7.77. The Bertz CT molecular complexity index is 751. The molecule has 1 aliphatic carbocycles. The van der Waals surface area contributed by atoms with Crippen LogP contribution in [0.5, 0.6) is 0 Å². The van der Waals surface area contributed by atoms with Crippen molar-refractivity contribution in [3.63, 3.8) is 0 Å². The van der Waals surface area contributed by atoms with Crippen LogP contribution in [0.15, 0.2) is 59.7 Å². The molecule has 0 fully saturated rings. The first-order valence-corrected chi connectivity index (χ1v) is 7.77. The van der Waals surface area contributed by atoms with Gasteiger partial charge in [-0.15, -0.1) is 0 Å². The summed E-state index contributed by atoms with van der Waals surface area (Å²) in [7, 11) is 0. The van der Waals surface area contributed by atoms with Crippen molar-refractivity contribution in [2.45, 2.75) is 25.8 Å². The van der Waals surface area contributed by atoms with Gasteiger partial charge in [0, 0.05) is 18.4 Å². The average molecular weight is 290 g/mol. The quantitative estimate of drug-likeness (QED) is 0.790. The summed E-state index contributed by atoms with van der Waals surface area (Å²) >= 11 is 0. The summed E-state index contributed by atoms with van der Waals surface area (Å²) in [6.07, 6.45) is 2.09. The van der Waals surface area contributed by atoms with E-state index in [1.807, 2.05) is 18.2 Å². The molecular weight excluding hydrogens is 272 g/mol. The minimum atomic E-state index is 0.00762. The number of hydrogen-bond donors (Lipinski definition) is 0. The van der Waals surface area contributed by atoms with Gasteiger partial charge in [-0.05, 0) is 24.0 Å². The number of hydrogen-bond acceptors (Lipinski definition) is 2. The van der Waals surface area contributed by atoms with Gasteiger partial charge in [-0.3, -0.25) is 4.79 Å². The van der Waals surface area contributed by atoms with Crippen LogP contribution >= 0.6 is 0 Å². The highest BCUT2D eigenvalue weighted by molar-refractivity contribution is 6.06. The molecule has 0 bridgehead atoms. The summed E-state index contributed by atoms with van der Waals surface area (Å²) in [5.74, 6) is 0.300. The van der Waals surface area contributed by atoms with Crippen LogP contribution in [0.4, 0.5) is 0 Å². The molecular formula is C19H18N2O. The number of amides is 1. The SMILES string of the molecule is CC(=O)N1N=C2c3ccccc3CC[C@H]2[C@@H]1c1ccccc1. The molecule has 110 valence electrons. The van der Waals surface area contributed by atoms with Crippen molar-refractivity contribution in [3.8, 4) is 0 Å². The third kappa shape index (κ3) is 1.97. The molecule has 0 saturated carbocycles. The average Bonchev–Trinajstić information content (AvgIpc) is 2.96. The van der Waals surface area contributed by atoms with E-state index in [0.717, 1.165) is 18.6 Å².